The summed E-state index contributed by atoms with van der Waals surface area (Å²) in [7, 11) is 4.04. The van der Waals surface area contributed by atoms with Crippen molar-refractivity contribution in [2.45, 2.75) is 25.4 Å². The molecule has 146 valence electrons. The Hall–Kier alpha value is -2.06. The highest BCUT2D eigenvalue weighted by atomic mass is 32.1. The molecule has 1 unspecified atom stereocenters. The molecule has 0 amide bonds. The number of nitrogens with one attached hydrogen (secondary N) is 1. The summed E-state index contributed by atoms with van der Waals surface area (Å²) in [6.45, 7) is 6.48. The first-order valence-corrected chi connectivity index (χ1v) is 10.8. The van der Waals surface area contributed by atoms with Gasteiger partial charge in [0.15, 0.2) is 10.7 Å². The van der Waals surface area contributed by atoms with E-state index in [0.29, 0.717) is 11.9 Å². The van der Waals surface area contributed by atoms with Crippen LogP contribution in [-0.4, -0.2) is 62.3 Å². The molecule has 1 spiro atoms. The van der Waals surface area contributed by atoms with Crippen LogP contribution in [0, 0.1) is 12.8 Å². The topological polar surface area (TPSA) is 55.7 Å². The molecule has 6 nitrogen and oxygen atoms in total. The van der Waals surface area contributed by atoms with Crippen molar-refractivity contribution >= 4 is 30.5 Å². The number of aromatic nitrogens is 1. The van der Waals surface area contributed by atoms with Crippen molar-refractivity contribution < 1.29 is 13.9 Å². The highest BCUT2D eigenvalue weighted by molar-refractivity contribution is 7.16. The van der Waals surface area contributed by atoms with E-state index in [1.165, 1.54) is 30.8 Å². The van der Waals surface area contributed by atoms with E-state index in [9.17, 15) is 0 Å². The Morgan fingerprint density at radius 1 is 1.29 bits per heavy atom. The van der Waals surface area contributed by atoms with Crippen molar-refractivity contribution in [3.05, 3.63) is 29.1 Å². The average molecular weight is 397 g/mol. The summed E-state index contributed by atoms with van der Waals surface area (Å²) in [5, 5.41) is 4.18. The predicted octanol–water partition coefficient (Wildman–Crippen LogP) is 2.45. The zero-order valence-corrected chi connectivity index (χ0v) is 17.5. The summed E-state index contributed by atoms with van der Waals surface area (Å²) < 4.78 is 12.8. The number of amidine groups is 1. The number of quaternary nitrogens is 1. The molecule has 0 aliphatic carbocycles. The molecule has 1 N–H and O–H groups in total. The largest absolute Gasteiger partial charge is 0.497 e. The lowest BCUT2D eigenvalue weighted by Crippen LogP contribution is -2.69. The van der Waals surface area contributed by atoms with E-state index in [1.54, 1.807) is 18.4 Å². The fourth-order valence-corrected chi connectivity index (χ4v) is 5.86. The lowest BCUT2D eigenvalue weighted by Gasteiger charge is -2.55. The van der Waals surface area contributed by atoms with Gasteiger partial charge in [0.2, 0.25) is 0 Å². The van der Waals surface area contributed by atoms with Gasteiger partial charge in [-0.1, -0.05) is 0 Å². The fourth-order valence-electron chi connectivity index (χ4n) is 5.03. The number of hydrogen-bond acceptors (Lipinski definition) is 6. The van der Waals surface area contributed by atoms with Crippen LogP contribution in [0.25, 0.3) is 11.3 Å². The van der Waals surface area contributed by atoms with E-state index < -0.39 is 0 Å². The maximum absolute atomic E-state index is 6.45. The molecule has 0 radical (unpaired) electrons. The summed E-state index contributed by atoms with van der Waals surface area (Å²) in [5.41, 5.74) is 1.96. The van der Waals surface area contributed by atoms with E-state index >= 15 is 0 Å². The summed E-state index contributed by atoms with van der Waals surface area (Å²) in [6, 6.07) is 8.65. The van der Waals surface area contributed by atoms with Crippen LogP contribution in [0.15, 0.2) is 29.3 Å². The molecule has 3 fully saturated rings. The Balaban J connectivity index is 1.31. The highest BCUT2D eigenvalue weighted by Gasteiger charge is 2.57. The van der Waals surface area contributed by atoms with Gasteiger partial charge in [-0.15, -0.1) is 11.3 Å². The first kappa shape index (κ1) is 18.0. The minimum absolute atomic E-state index is 0.112. The van der Waals surface area contributed by atoms with Gasteiger partial charge in [-0.05, 0) is 31.2 Å². The second-order valence-electron chi connectivity index (χ2n) is 8.56. The third kappa shape index (κ3) is 2.99. The molecule has 8 heteroatoms. The summed E-state index contributed by atoms with van der Waals surface area (Å²) in [4.78, 5) is 10.7. The first-order valence-electron chi connectivity index (χ1n) is 9.95. The minimum atomic E-state index is -0.112. The van der Waals surface area contributed by atoms with Gasteiger partial charge in [0.25, 0.3) is 6.02 Å². The van der Waals surface area contributed by atoms with Gasteiger partial charge in [0, 0.05) is 29.2 Å². The number of benzene rings is 1. The zero-order valence-electron chi connectivity index (χ0n) is 16.7. The summed E-state index contributed by atoms with van der Waals surface area (Å²) in [6.07, 6.45) is 2.49. The molecule has 6 rings (SSSR count). The molecule has 4 aliphatic rings. The molecule has 28 heavy (non-hydrogen) atoms. The minimum Gasteiger partial charge on any atom is -0.497 e. The van der Waals surface area contributed by atoms with Gasteiger partial charge < -0.3 is 13.9 Å². The number of fused-ring (bicyclic) bond motifs is 2. The summed E-state index contributed by atoms with van der Waals surface area (Å²) in [5.74, 6) is 1.48. The van der Waals surface area contributed by atoms with E-state index in [0.717, 1.165) is 39.6 Å². The van der Waals surface area contributed by atoms with E-state index in [4.69, 9.17) is 19.5 Å². The van der Waals surface area contributed by atoms with Crippen molar-refractivity contribution in [3.8, 4) is 17.0 Å². The monoisotopic (exact) mass is 397 g/mol. The number of rotatable bonds is 3. The smallest absolute Gasteiger partial charge is 0.373 e. The van der Waals surface area contributed by atoms with Gasteiger partial charge >= 0.3 is 7.98 Å². The molecule has 0 saturated carbocycles. The fraction of sp³-hybridized carbons (Fsp3) is 0.500. The number of aliphatic imine (C=N–C) groups is 1. The number of anilines is 1. The van der Waals surface area contributed by atoms with Crippen molar-refractivity contribution in [2.75, 3.05) is 38.6 Å². The Labute approximate surface area is 170 Å². The van der Waals surface area contributed by atoms with Crippen LogP contribution >= 0.6 is 11.3 Å². The zero-order chi connectivity index (χ0) is 19.4. The van der Waals surface area contributed by atoms with E-state index in [-0.39, 0.29) is 5.60 Å². The standard InChI is InChI=1S/C20H26BN4O2S/c1-13-17(14-3-5-16(26-2)6-4-14)23-19(28-13)24-18-22-11-20(27-18)12-25(21)9-7-15(20)8-10-25/h3-6,15H,7-12,21H2,1-2H3,(H,22,23,24)/q+1. The van der Waals surface area contributed by atoms with Crippen LogP contribution in [0.4, 0.5) is 5.13 Å². The third-order valence-electron chi connectivity index (χ3n) is 6.59. The Bertz CT molecular complexity index is 921. The second kappa shape index (κ2) is 6.49. The van der Waals surface area contributed by atoms with Crippen LogP contribution in [-0.2, 0) is 4.74 Å². The summed E-state index contributed by atoms with van der Waals surface area (Å²) >= 11 is 1.64. The van der Waals surface area contributed by atoms with Gasteiger partial charge in [0.1, 0.15) is 12.3 Å². The molecular weight excluding hydrogens is 371 g/mol. The average Bonchev–Trinajstić information content (AvgIpc) is 3.25. The molecule has 2 bridgehead atoms. The maximum atomic E-state index is 6.45. The van der Waals surface area contributed by atoms with Gasteiger partial charge in [0.05, 0.1) is 32.4 Å². The number of nitrogens with zero attached hydrogens (tertiary/aromatic N) is 3. The Morgan fingerprint density at radius 2 is 2.04 bits per heavy atom. The lowest BCUT2D eigenvalue weighted by atomic mass is 9.72. The maximum Gasteiger partial charge on any atom is 0.373 e. The third-order valence-corrected chi connectivity index (χ3v) is 7.48. The number of methoxy groups -OCH3 is 1. The molecule has 2 aromatic rings. The molecule has 1 aromatic heterocycles. The molecule has 1 aromatic carbocycles. The number of hydrogen-bond donors (Lipinski definition) is 1. The van der Waals surface area contributed by atoms with Crippen molar-refractivity contribution in [1.82, 2.24) is 4.98 Å². The number of ether oxygens (including phenoxy) is 2. The van der Waals surface area contributed by atoms with Crippen LogP contribution in [0.5, 0.6) is 5.75 Å². The van der Waals surface area contributed by atoms with Gasteiger partial charge in [-0.2, -0.15) is 0 Å². The normalized spacial score (nSPS) is 30.9. The number of aryl methyl sites for hydroxylation is 1. The molecule has 4 aliphatic heterocycles. The highest BCUT2D eigenvalue weighted by Crippen LogP contribution is 2.43. The van der Waals surface area contributed by atoms with Gasteiger partial charge in [-0.25, -0.2) is 9.98 Å². The van der Waals surface area contributed by atoms with E-state index in [2.05, 4.69) is 20.2 Å². The lowest BCUT2D eigenvalue weighted by molar-refractivity contribution is -0.845. The molecular formula is C20H26BN4O2S+. The first-order chi connectivity index (χ1) is 13.5. The Morgan fingerprint density at radius 3 is 2.71 bits per heavy atom. The predicted molar refractivity (Wildman–Crippen MR) is 115 cm³/mol. The van der Waals surface area contributed by atoms with Crippen LogP contribution < -0.4 is 10.1 Å². The Kier molecular flexibility index (Phi) is 4.17. The number of piperidine rings is 3. The van der Waals surface area contributed by atoms with Crippen LogP contribution in [0.1, 0.15) is 17.7 Å². The molecule has 5 heterocycles. The quantitative estimate of drug-likeness (QED) is 0.809. The van der Waals surface area contributed by atoms with Crippen molar-refractivity contribution in [2.24, 2.45) is 10.9 Å². The number of thiazole rings is 1. The van der Waals surface area contributed by atoms with Crippen molar-refractivity contribution in [3.63, 3.8) is 0 Å². The van der Waals surface area contributed by atoms with Crippen molar-refractivity contribution in [1.29, 1.82) is 0 Å². The van der Waals surface area contributed by atoms with Crippen LogP contribution in [0.3, 0.4) is 0 Å². The molecule has 3 saturated heterocycles. The van der Waals surface area contributed by atoms with E-state index in [1.807, 2.05) is 24.3 Å². The molecule has 1 atom stereocenters. The van der Waals surface area contributed by atoms with Gasteiger partial charge in [-0.3, -0.25) is 5.32 Å². The SMILES string of the molecule is B[N+]12CCC(CC1)C1(CN=C(Nc3nc(-c4ccc(OC)cc4)c(C)s3)O1)C2. The van der Waals surface area contributed by atoms with Crippen LogP contribution in [0.2, 0.25) is 0 Å². The second-order valence-corrected chi connectivity index (χ2v) is 9.77.